The van der Waals surface area contributed by atoms with Gasteiger partial charge in [0, 0.05) is 22.1 Å². The molecule has 7 heteroatoms. The van der Waals surface area contributed by atoms with E-state index in [0.29, 0.717) is 0 Å². The summed E-state index contributed by atoms with van der Waals surface area (Å²) in [4.78, 5) is 0. The van der Waals surface area contributed by atoms with Crippen LogP contribution in [0.1, 0.15) is 72.0 Å². The molecule has 21 heavy (non-hydrogen) atoms. The summed E-state index contributed by atoms with van der Waals surface area (Å²) in [5.41, 5.74) is -0.356. The van der Waals surface area contributed by atoms with Crippen LogP contribution in [-0.4, -0.2) is 23.2 Å². The number of rotatable bonds is 2. The highest BCUT2D eigenvalue weighted by atomic mass is 35.7. The zero-order chi connectivity index (χ0) is 16.1. The van der Waals surface area contributed by atoms with E-state index in [1.807, 2.05) is 20.8 Å². The van der Waals surface area contributed by atoms with Crippen LogP contribution >= 0.6 is 10.7 Å². The molecule has 0 bridgehead atoms. The van der Waals surface area contributed by atoms with Crippen molar-refractivity contribution in [2.45, 2.75) is 76.9 Å². The number of nitrogens with zero attached hydrogens (tertiary/aromatic N) is 3. The molecule has 0 radical (unpaired) electrons. The first kappa shape index (κ1) is 16.7. The van der Waals surface area contributed by atoms with E-state index in [0.717, 1.165) is 25.1 Å². The predicted octanol–water partition coefficient (Wildman–Crippen LogP) is 3.64. The van der Waals surface area contributed by atoms with Gasteiger partial charge in [-0.15, -0.1) is 10.2 Å². The van der Waals surface area contributed by atoms with Crippen LogP contribution in [0.2, 0.25) is 0 Å². The van der Waals surface area contributed by atoms with Gasteiger partial charge in [0.2, 0.25) is 0 Å². The molecule has 1 heterocycles. The second-order valence-corrected chi connectivity index (χ2v) is 10.0. The third kappa shape index (κ3) is 3.26. The van der Waals surface area contributed by atoms with Gasteiger partial charge in [0.05, 0.1) is 0 Å². The first-order valence-electron chi connectivity index (χ1n) is 7.35. The first-order chi connectivity index (χ1) is 9.44. The third-order valence-electron chi connectivity index (χ3n) is 4.37. The normalized spacial score (nSPS) is 23.2. The quantitative estimate of drug-likeness (QED) is 0.775. The molecule has 0 amide bonds. The highest BCUT2D eigenvalue weighted by Gasteiger charge is 2.40. The molecule has 0 aromatic carbocycles. The Bertz CT molecular complexity index is 629. The molecule has 1 aliphatic carbocycles. The van der Waals surface area contributed by atoms with Crippen molar-refractivity contribution in [2.75, 3.05) is 0 Å². The first-order valence-corrected chi connectivity index (χ1v) is 9.66. The topological polar surface area (TPSA) is 64.8 Å². The molecule has 1 fully saturated rings. The van der Waals surface area contributed by atoms with E-state index in [1.54, 1.807) is 4.57 Å². The molecule has 1 unspecified atom stereocenters. The van der Waals surface area contributed by atoms with Gasteiger partial charge in [0.25, 0.3) is 14.2 Å². The molecule has 0 N–H and O–H groups in total. The van der Waals surface area contributed by atoms with E-state index < -0.39 is 14.6 Å². The van der Waals surface area contributed by atoms with Crippen molar-refractivity contribution in [3.8, 4) is 0 Å². The number of hydrogen-bond donors (Lipinski definition) is 0. The van der Waals surface area contributed by atoms with E-state index in [-0.39, 0.29) is 16.5 Å². The Morgan fingerprint density at radius 3 is 2.33 bits per heavy atom. The standard InChI is InChI=1S/C14H24ClN3O2S/c1-13(2,3)18-11(16-17-12(18)21(15,19)20)10-8-6-7-9-14(10,4)5/h10H,6-9H2,1-5H3. The summed E-state index contributed by atoms with van der Waals surface area (Å²) >= 11 is 0. The van der Waals surface area contributed by atoms with E-state index in [2.05, 4.69) is 24.0 Å². The average Bonchev–Trinajstić information content (AvgIpc) is 2.71. The van der Waals surface area contributed by atoms with Crippen molar-refractivity contribution in [1.82, 2.24) is 14.8 Å². The molecule has 2 rings (SSSR count). The largest absolute Gasteiger partial charge is 0.296 e. The van der Waals surface area contributed by atoms with Gasteiger partial charge in [-0.05, 0) is 39.0 Å². The summed E-state index contributed by atoms with van der Waals surface area (Å²) in [7, 11) is 1.63. The molecule has 0 aliphatic heterocycles. The highest BCUT2D eigenvalue weighted by molar-refractivity contribution is 8.13. The lowest BCUT2D eigenvalue weighted by Gasteiger charge is -2.39. The van der Waals surface area contributed by atoms with Gasteiger partial charge in [0.15, 0.2) is 0 Å². The fourth-order valence-corrected chi connectivity index (χ4v) is 4.29. The molecule has 1 aromatic heterocycles. The van der Waals surface area contributed by atoms with E-state index in [1.165, 1.54) is 6.42 Å². The van der Waals surface area contributed by atoms with Crippen molar-refractivity contribution >= 4 is 19.7 Å². The third-order valence-corrected chi connectivity index (χ3v) is 5.48. The van der Waals surface area contributed by atoms with Crippen LogP contribution in [0.3, 0.4) is 0 Å². The summed E-state index contributed by atoms with van der Waals surface area (Å²) in [5, 5.41) is 7.96. The van der Waals surface area contributed by atoms with Crippen molar-refractivity contribution in [1.29, 1.82) is 0 Å². The molecular weight excluding hydrogens is 310 g/mol. The van der Waals surface area contributed by atoms with Gasteiger partial charge in [0.1, 0.15) is 5.82 Å². The van der Waals surface area contributed by atoms with Crippen LogP contribution < -0.4 is 0 Å². The van der Waals surface area contributed by atoms with Crippen molar-refractivity contribution < 1.29 is 8.42 Å². The second-order valence-electron chi connectivity index (χ2n) is 7.57. The summed E-state index contributed by atoms with van der Waals surface area (Å²) in [6.07, 6.45) is 4.45. The average molecular weight is 334 g/mol. The molecule has 0 spiro atoms. The van der Waals surface area contributed by atoms with Crippen LogP contribution in [-0.2, 0) is 14.6 Å². The highest BCUT2D eigenvalue weighted by Crippen LogP contribution is 2.47. The van der Waals surface area contributed by atoms with Crippen LogP contribution in [0, 0.1) is 5.41 Å². The smallest absolute Gasteiger partial charge is 0.295 e. The molecule has 1 atom stereocenters. The Labute approximate surface area is 131 Å². The van der Waals surface area contributed by atoms with Crippen LogP contribution in [0.25, 0.3) is 0 Å². The summed E-state index contributed by atoms with van der Waals surface area (Å²) < 4.78 is 25.3. The Kier molecular flexibility index (Phi) is 4.17. The maximum absolute atomic E-state index is 11.8. The lowest BCUT2D eigenvalue weighted by Crippen LogP contribution is -2.33. The minimum absolute atomic E-state index is 0.0849. The molecule has 0 saturated heterocycles. The Morgan fingerprint density at radius 2 is 1.86 bits per heavy atom. The van der Waals surface area contributed by atoms with Crippen molar-refractivity contribution in [3.63, 3.8) is 0 Å². The number of hydrogen-bond acceptors (Lipinski definition) is 4. The monoisotopic (exact) mass is 333 g/mol. The molecule has 5 nitrogen and oxygen atoms in total. The Balaban J connectivity index is 2.63. The zero-order valence-corrected chi connectivity index (χ0v) is 14.9. The van der Waals surface area contributed by atoms with Crippen LogP contribution in [0.15, 0.2) is 5.16 Å². The molecule has 1 saturated carbocycles. The summed E-state index contributed by atoms with van der Waals surface area (Å²) in [5.74, 6) is 0.941. The van der Waals surface area contributed by atoms with Crippen molar-refractivity contribution in [3.05, 3.63) is 5.82 Å². The second kappa shape index (κ2) is 5.23. The fourth-order valence-electron chi connectivity index (χ4n) is 3.27. The van der Waals surface area contributed by atoms with Gasteiger partial charge in [-0.25, -0.2) is 8.42 Å². The van der Waals surface area contributed by atoms with Gasteiger partial charge in [-0.3, -0.25) is 4.57 Å². The molecule has 120 valence electrons. The maximum atomic E-state index is 11.8. The number of aromatic nitrogens is 3. The van der Waals surface area contributed by atoms with E-state index in [4.69, 9.17) is 10.7 Å². The fraction of sp³-hybridized carbons (Fsp3) is 0.857. The Morgan fingerprint density at radius 1 is 1.24 bits per heavy atom. The summed E-state index contributed by atoms with van der Waals surface area (Å²) in [6, 6.07) is 0. The minimum Gasteiger partial charge on any atom is -0.295 e. The maximum Gasteiger partial charge on any atom is 0.296 e. The Hall–Kier alpha value is -0.620. The molecular formula is C14H24ClN3O2S. The van der Waals surface area contributed by atoms with Crippen LogP contribution in [0.5, 0.6) is 0 Å². The lowest BCUT2D eigenvalue weighted by molar-refractivity contribution is 0.179. The van der Waals surface area contributed by atoms with Crippen molar-refractivity contribution in [2.24, 2.45) is 5.41 Å². The van der Waals surface area contributed by atoms with E-state index in [9.17, 15) is 8.42 Å². The van der Waals surface area contributed by atoms with Gasteiger partial charge in [-0.2, -0.15) is 0 Å². The predicted molar refractivity (Wildman–Crippen MR) is 83.0 cm³/mol. The SMILES string of the molecule is CC1(C)CCCCC1c1nnc(S(=O)(=O)Cl)n1C(C)(C)C. The minimum atomic E-state index is -3.91. The van der Waals surface area contributed by atoms with Gasteiger partial charge < -0.3 is 0 Å². The summed E-state index contributed by atoms with van der Waals surface area (Å²) in [6.45, 7) is 10.3. The van der Waals surface area contributed by atoms with Gasteiger partial charge >= 0.3 is 0 Å². The van der Waals surface area contributed by atoms with E-state index >= 15 is 0 Å². The molecule has 1 aliphatic rings. The van der Waals surface area contributed by atoms with Crippen LogP contribution in [0.4, 0.5) is 0 Å². The van der Waals surface area contributed by atoms with Gasteiger partial charge in [-0.1, -0.05) is 26.7 Å². The zero-order valence-electron chi connectivity index (χ0n) is 13.4. The number of halogens is 1. The molecule has 1 aromatic rings. The lowest BCUT2D eigenvalue weighted by atomic mass is 9.68.